The predicted molar refractivity (Wildman–Crippen MR) is 93.0 cm³/mol. The monoisotopic (exact) mass is 371 g/mol. The van der Waals surface area contributed by atoms with Crippen LogP contribution in [0.1, 0.15) is 5.56 Å². The number of benzene rings is 1. The number of hydrogen-bond donors (Lipinski definition) is 1. The lowest BCUT2D eigenvalue weighted by Gasteiger charge is -2.15. The van der Waals surface area contributed by atoms with Crippen molar-refractivity contribution in [1.82, 2.24) is 4.72 Å². The Morgan fingerprint density at radius 1 is 1.26 bits per heavy atom. The van der Waals surface area contributed by atoms with Crippen LogP contribution >= 0.6 is 23.1 Å². The number of ether oxygens (including phenoxy) is 1. The molecule has 0 saturated carbocycles. The van der Waals surface area contributed by atoms with E-state index in [9.17, 15) is 13.2 Å². The van der Waals surface area contributed by atoms with E-state index in [0.717, 1.165) is 16.9 Å². The third-order valence-corrected chi connectivity index (χ3v) is 6.91. The molecule has 1 N–H and O–H groups in total. The molecule has 1 aromatic carbocycles. The lowest BCUT2D eigenvalue weighted by molar-refractivity contribution is -0.141. The van der Waals surface area contributed by atoms with E-state index in [2.05, 4.69) is 4.72 Å². The first-order valence-electron chi connectivity index (χ1n) is 6.78. The molecule has 2 rings (SSSR count). The first kappa shape index (κ1) is 18.0. The fraction of sp³-hybridized carbons (Fsp3) is 0.267. The maximum absolute atomic E-state index is 12.2. The van der Waals surface area contributed by atoms with Gasteiger partial charge in [-0.3, -0.25) is 4.79 Å². The Morgan fingerprint density at radius 2 is 2.00 bits per heavy atom. The first-order chi connectivity index (χ1) is 11.0. The smallest absolute Gasteiger partial charge is 0.324 e. The van der Waals surface area contributed by atoms with E-state index in [-0.39, 0.29) is 4.21 Å². The van der Waals surface area contributed by atoms with Crippen LogP contribution in [-0.2, 0) is 25.3 Å². The summed E-state index contributed by atoms with van der Waals surface area (Å²) in [6.07, 6.45) is 0. The van der Waals surface area contributed by atoms with Crippen LogP contribution in [0.4, 0.5) is 0 Å². The van der Waals surface area contributed by atoms with Crippen LogP contribution in [0.5, 0.6) is 0 Å². The fourth-order valence-corrected chi connectivity index (χ4v) is 5.12. The quantitative estimate of drug-likeness (QED) is 0.722. The van der Waals surface area contributed by atoms with Crippen LogP contribution in [-0.4, -0.2) is 33.3 Å². The number of hydrogen-bond acceptors (Lipinski definition) is 6. The average molecular weight is 372 g/mol. The fourth-order valence-electron chi connectivity index (χ4n) is 1.82. The molecule has 0 bridgehead atoms. The van der Waals surface area contributed by atoms with Crippen LogP contribution in [0.2, 0.25) is 0 Å². The lowest BCUT2D eigenvalue weighted by atomic mass is 10.2. The Morgan fingerprint density at radius 3 is 2.61 bits per heavy atom. The number of methoxy groups -OCH3 is 1. The average Bonchev–Trinajstić information content (AvgIpc) is 3.09. The van der Waals surface area contributed by atoms with Gasteiger partial charge in [-0.15, -0.1) is 11.3 Å². The van der Waals surface area contributed by atoms with E-state index in [1.165, 1.54) is 24.9 Å². The Labute approximate surface area is 144 Å². The zero-order valence-electron chi connectivity index (χ0n) is 12.5. The molecule has 1 heterocycles. The van der Waals surface area contributed by atoms with E-state index >= 15 is 0 Å². The number of nitrogens with one attached hydrogen (secondary N) is 1. The molecule has 0 radical (unpaired) electrons. The molecule has 8 heteroatoms. The Bertz CT molecular complexity index is 714. The number of thioether (sulfide) groups is 1. The van der Waals surface area contributed by atoms with Crippen molar-refractivity contribution >= 4 is 39.1 Å². The van der Waals surface area contributed by atoms with Gasteiger partial charge in [-0.2, -0.15) is 16.5 Å². The van der Waals surface area contributed by atoms with Crippen molar-refractivity contribution in [3.8, 4) is 0 Å². The molecular weight excluding hydrogens is 354 g/mol. The summed E-state index contributed by atoms with van der Waals surface area (Å²) in [5.74, 6) is 0.395. The molecule has 0 fully saturated rings. The van der Waals surface area contributed by atoms with Crippen LogP contribution in [0.15, 0.2) is 52.1 Å². The number of esters is 1. The largest absolute Gasteiger partial charge is 0.468 e. The molecule has 0 saturated heterocycles. The lowest BCUT2D eigenvalue weighted by Crippen LogP contribution is -2.43. The second kappa shape index (κ2) is 8.49. The SMILES string of the molecule is COC(=O)[C@H](CSCc1ccccc1)NS(=O)(=O)c1cccs1. The van der Waals surface area contributed by atoms with Crippen LogP contribution in [0.25, 0.3) is 0 Å². The van der Waals surface area contributed by atoms with Gasteiger partial charge < -0.3 is 4.74 Å². The van der Waals surface area contributed by atoms with Gasteiger partial charge in [0.25, 0.3) is 10.0 Å². The summed E-state index contributed by atoms with van der Waals surface area (Å²) in [5.41, 5.74) is 1.11. The van der Waals surface area contributed by atoms with Crippen LogP contribution in [0, 0.1) is 0 Å². The van der Waals surface area contributed by atoms with Gasteiger partial charge in [-0.1, -0.05) is 36.4 Å². The zero-order chi connectivity index (χ0) is 16.7. The summed E-state index contributed by atoms with van der Waals surface area (Å²) < 4.78 is 31.8. The Hall–Kier alpha value is -1.35. The summed E-state index contributed by atoms with van der Waals surface area (Å²) in [5, 5.41) is 1.67. The van der Waals surface area contributed by atoms with Crippen LogP contribution in [0.3, 0.4) is 0 Å². The van der Waals surface area contributed by atoms with Crippen LogP contribution < -0.4 is 4.72 Å². The summed E-state index contributed by atoms with van der Waals surface area (Å²) in [6.45, 7) is 0. The molecule has 0 unspecified atom stereocenters. The highest BCUT2D eigenvalue weighted by molar-refractivity contribution is 7.98. The molecule has 0 spiro atoms. The van der Waals surface area contributed by atoms with Crippen molar-refractivity contribution in [3.63, 3.8) is 0 Å². The van der Waals surface area contributed by atoms with E-state index in [0.29, 0.717) is 11.5 Å². The van der Waals surface area contributed by atoms with Gasteiger partial charge in [-0.05, 0) is 17.0 Å². The maximum atomic E-state index is 12.2. The number of sulfonamides is 1. The molecule has 0 amide bonds. The van der Waals surface area contributed by atoms with E-state index in [1.54, 1.807) is 11.4 Å². The molecule has 1 aromatic heterocycles. The van der Waals surface area contributed by atoms with Crippen molar-refractivity contribution in [2.75, 3.05) is 12.9 Å². The molecule has 0 aliphatic carbocycles. The minimum absolute atomic E-state index is 0.180. The second-order valence-electron chi connectivity index (χ2n) is 4.63. The predicted octanol–water partition coefficient (Wildman–Crippen LogP) is 2.50. The third kappa shape index (κ3) is 5.35. The number of rotatable bonds is 8. The highest BCUT2D eigenvalue weighted by Crippen LogP contribution is 2.18. The molecule has 124 valence electrons. The maximum Gasteiger partial charge on any atom is 0.324 e. The summed E-state index contributed by atoms with van der Waals surface area (Å²) >= 11 is 2.57. The van der Waals surface area contributed by atoms with Crippen molar-refractivity contribution in [2.24, 2.45) is 0 Å². The van der Waals surface area contributed by atoms with Gasteiger partial charge >= 0.3 is 5.97 Å². The number of thiophene rings is 1. The Kier molecular flexibility index (Phi) is 6.64. The van der Waals surface area contributed by atoms with Crippen molar-refractivity contribution in [2.45, 2.75) is 16.0 Å². The highest BCUT2D eigenvalue weighted by atomic mass is 32.2. The highest BCUT2D eigenvalue weighted by Gasteiger charge is 2.26. The molecular formula is C15H17NO4S3. The number of carbonyl (C=O) groups excluding carboxylic acids is 1. The Balaban J connectivity index is 1.99. The van der Waals surface area contributed by atoms with E-state index in [1.807, 2.05) is 30.3 Å². The second-order valence-corrected chi connectivity index (χ2v) is 8.55. The van der Waals surface area contributed by atoms with Crippen molar-refractivity contribution in [1.29, 1.82) is 0 Å². The first-order valence-corrected chi connectivity index (χ1v) is 10.3. The molecule has 2 aromatic rings. The summed E-state index contributed by atoms with van der Waals surface area (Å²) in [4.78, 5) is 11.8. The zero-order valence-corrected chi connectivity index (χ0v) is 14.9. The van der Waals surface area contributed by atoms with Crippen molar-refractivity contribution in [3.05, 3.63) is 53.4 Å². The standard InChI is InChI=1S/C15H17NO4S3/c1-20-15(17)13(11-21-10-12-6-3-2-4-7-12)16-23(18,19)14-8-5-9-22-14/h2-9,13,16H,10-11H2,1H3/t13-/m0/s1. The van der Waals surface area contributed by atoms with Gasteiger partial charge in [0.2, 0.25) is 0 Å². The molecule has 1 atom stereocenters. The molecule has 0 aliphatic heterocycles. The van der Waals surface area contributed by atoms with E-state index in [4.69, 9.17) is 4.74 Å². The van der Waals surface area contributed by atoms with Crippen molar-refractivity contribution < 1.29 is 17.9 Å². The molecule has 5 nitrogen and oxygen atoms in total. The normalized spacial score (nSPS) is 12.7. The minimum atomic E-state index is -3.71. The summed E-state index contributed by atoms with van der Waals surface area (Å²) in [7, 11) is -2.47. The third-order valence-electron chi connectivity index (χ3n) is 2.94. The number of carbonyl (C=O) groups is 1. The summed E-state index contributed by atoms with van der Waals surface area (Å²) in [6, 6.07) is 12.0. The van der Waals surface area contributed by atoms with Gasteiger partial charge in [0, 0.05) is 11.5 Å². The van der Waals surface area contributed by atoms with Gasteiger partial charge in [0.05, 0.1) is 7.11 Å². The topological polar surface area (TPSA) is 72.5 Å². The van der Waals surface area contributed by atoms with E-state index < -0.39 is 22.0 Å². The van der Waals surface area contributed by atoms with Gasteiger partial charge in [-0.25, -0.2) is 8.42 Å². The van der Waals surface area contributed by atoms with Gasteiger partial charge in [0.15, 0.2) is 0 Å². The minimum Gasteiger partial charge on any atom is -0.468 e. The van der Waals surface area contributed by atoms with Gasteiger partial charge in [0.1, 0.15) is 10.3 Å². The molecule has 23 heavy (non-hydrogen) atoms. The molecule has 0 aliphatic rings.